The number of hydrogen-bond acceptors (Lipinski definition) is 5. The molecule has 1 saturated carbocycles. The summed E-state index contributed by atoms with van der Waals surface area (Å²) in [7, 11) is -7.04. The van der Waals surface area contributed by atoms with Crippen LogP contribution in [0.4, 0.5) is 0 Å². The first-order valence-electron chi connectivity index (χ1n) is 5.29. The fourth-order valence-corrected chi connectivity index (χ4v) is 4.86. The van der Waals surface area contributed by atoms with Crippen LogP contribution in [-0.4, -0.2) is 40.1 Å². The predicted molar refractivity (Wildman–Crippen MR) is 63.4 cm³/mol. The van der Waals surface area contributed by atoms with Crippen molar-refractivity contribution in [1.82, 2.24) is 4.72 Å². The number of sulfonamides is 1. The van der Waals surface area contributed by atoms with Crippen LogP contribution in [-0.2, 0) is 19.9 Å². The maximum absolute atomic E-state index is 11.7. The topological polar surface area (TPSA) is 104 Å². The fraction of sp³-hybridized carbons (Fsp3) is 0.889. The molecule has 8 heteroatoms. The third-order valence-corrected chi connectivity index (χ3v) is 5.39. The summed E-state index contributed by atoms with van der Waals surface area (Å²) < 4.78 is 47.5. The first-order valence-corrected chi connectivity index (χ1v) is 9.00. The Morgan fingerprint density at radius 2 is 1.71 bits per heavy atom. The summed E-state index contributed by atoms with van der Waals surface area (Å²) in [5.74, 6) is -0.918. The van der Waals surface area contributed by atoms with Crippen molar-refractivity contribution in [2.75, 3.05) is 17.8 Å². The van der Waals surface area contributed by atoms with Crippen molar-refractivity contribution < 1.29 is 16.8 Å². The third kappa shape index (κ3) is 4.61. The number of rotatable bonds is 5. The number of nitriles is 1. The molecule has 0 aliphatic heterocycles. The van der Waals surface area contributed by atoms with E-state index in [-0.39, 0.29) is 0 Å². The monoisotopic (exact) mass is 280 g/mol. The van der Waals surface area contributed by atoms with Gasteiger partial charge in [0, 0.05) is 6.26 Å². The number of nitrogens with zero attached hydrogens (tertiary/aromatic N) is 1. The van der Waals surface area contributed by atoms with Crippen molar-refractivity contribution in [3.8, 4) is 6.07 Å². The standard InChI is InChI=1S/C9H16N2O4S2/c1-16(12,13)6-7-17(14,15)11-9(8-10)4-2-3-5-9/h11H,2-7H2,1H3. The van der Waals surface area contributed by atoms with E-state index in [1.165, 1.54) is 0 Å². The van der Waals surface area contributed by atoms with Crippen LogP contribution in [0.1, 0.15) is 25.7 Å². The largest absolute Gasteiger partial charge is 0.229 e. The Morgan fingerprint density at radius 3 is 2.12 bits per heavy atom. The van der Waals surface area contributed by atoms with Crippen molar-refractivity contribution in [2.24, 2.45) is 0 Å². The lowest BCUT2D eigenvalue weighted by atomic mass is 10.0. The molecule has 1 aliphatic rings. The smallest absolute Gasteiger partial charge is 0.213 e. The molecule has 1 fully saturated rings. The summed E-state index contributed by atoms with van der Waals surface area (Å²) in [4.78, 5) is 0. The van der Waals surface area contributed by atoms with Gasteiger partial charge in [-0.15, -0.1) is 0 Å². The molecule has 0 radical (unpaired) electrons. The molecule has 0 atom stereocenters. The van der Waals surface area contributed by atoms with Crippen LogP contribution < -0.4 is 4.72 Å². The molecule has 6 nitrogen and oxygen atoms in total. The number of hydrogen-bond donors (Lipinski definition) is 1. The minimum atomic E-state index is -3.72. The molecule has 0 bridgehead atoms. The number of sulfone groups is 1. The highest BCUT2D eigenvalue weighted by molar-refractivity contribution is 7.93. The van der Waals surface area contributed by atoms with E-state index in [9.17, 15) is 16.8 Å². The average molecular weight is 280 g/mol. The predicted octanol–water partition coefficient (Wildman–Crippen LogP) is -0.213. The van der Waals surface area contributed by atoms with Gasteiger partial charge in [0.2, 0.25) is 10.0 Å². The summed E-state index contributed by atoms with van der Waals surface area (Å²) in [5.41, 5.74) is -1.03. The van der Waals surface area contributed by atoms with Gasteiger partial charge >= 0.3 is 0 Å². The second-order valence-electron chi connectivity index (χ2n) is 4.45. The van der Waals surface area contributed by atoms with Gasteiger partial charge < -0.3 is 0 Å². The van der Waals surface area contributed by atoms with Crippen molar-refractivity contribution in [1.29, 1.82) is 5.26 Å². The highest BCUT2D eigenvalue weighted by Crippen LogP contribution is 2.29. The first-order chi connectivity index (χ1) is 7.68. The minimum Gasteiger partial charge on any atom is -0.229 e. The van der Waals surface area contributed by atoms with E-state index >= 15 is 0 Å². The maximum atomic E-state index is 11.7. The molecule has 1 N–H and O–H groups in total. The fourth-order valence-electron chi connectivity index (χ4n) is 1.83. The maximum Gasteiger partial charge on any atom is 0.213 e. The summed E-state index contributed by atoms with van der Waals surface area (Å²) in [6.07, 6.45) is 3.58. The Hall–Kier alpha value is -0.650. The van der Waals surface area contributed by atoms with Crippen LogP contribution in [0.3, 0.4) is 0 Å². The lowest BCUT2D eigenvalue weighted by Gasteiger charge is -2.21. The Balaban J connectivity index is 2.70. The molecule has 98 valence electrons. The van der Waals surface area contributed by atoms with E-state index < -0.39 is 36.9 Å². The first kappa shape index (κ1) is 14.4. The van der Waals surface area contributed by atoms with Gasteiger partial charge in [0.25, 0.3) is 0 Å². The van der Waals surface area contributed by atoms with Crippen LogP contribution in [0, 0.1) is 11.3 Å². The zero-order valence-corrected chi connectivity index (χ0v) is 11.3. The molecule has 0 amide bonds. The zero-order valence-electron chi connectivity index (χ0n) is 9.64. The SMILES string of the molecule is CS(=O)(=O)CCS(=O)(=O)NC1(C#N)CCCC1. The average Bonchev–Trinajstić information content (AvgIpc) is 2.63. The van der Waals surface area contributed by atoms with Gasteiger partial charge in [-0.25, -0.2) is 16.8 Å². The van der Waals surface area contributed by atoms with E-state index in [4.69, 9.17) is 5.26 Å². The Bertz CT molecular complexity index is 510. The van der Waals surface area contributed by atoms with Crippen molar-refractivity contribution in [3.05, 3.63) is 0 Å². The molecule has 0 aromatic rings. The van der Waals surface area contributed by atoms with Crippen molar-refractivity contribution in [2.45, 2.75) is 31.2 Å². The quantitative estimate of drug-likeness (QED) is 0.750. The minimum absolute atomic E-state index is 0.427. The van der Waals surface area contributed by atoms with Crippen LogP contribution in [0.5, 0.6) is 0 Å². The van der Waals surface area contributed by atoms with Crippen molar-refractivity contribution >= 4 is 19.9 Å². The Kier molecular flexibility index (Phi) is 4.17. The molecule has 0 unspecified atom stereocenters. The van der Waals surface area contributed by atoms with Gasteiger partial charge in [0.05, 0.1) is 17.6 Å². The van der Waals surface area contributed by atoms with Gasteiger partial charge in [0.15, 0.2) is 0 Å². The second kappa shape index (κ2) is 4.92. The van der Waals surface area contributed by atoms with Crippen LogP contribution >= 0.6 is 0 Å². The molecule has 0 saturated heterocycles. The van der Waals surface area contributed by atoms with Crippen molar-refractivity contribution in [3.63, 3.8) is 0 Å². The van der Waals surface area contributed by atoms with Crippen LogP contribution in [0.2, 0.25) is 0 Å². The lowest BCUT2D eigenvalue weighted by Crippen LogP contribution is -2.46. The Morgan fingerprint density at radius 1 is 1.18 bits per heavy atom. The second-order valence-corrected chi connectivity index (χ2v) is 8.55. The zero-order chi connectivity index (χ0) is 13.2. The third-order valence-electron chi connectivity index (χ3n) is 2.74. The van der Waals surface area contributed by atoms with Gasteiger partial charge in [-0.2, -0.15) is 9.98 Å². The lowest BCUT2D eigenvalue weighted by molar-refractivity contribution is 0.485. The molecule has 0 spiro atoms. The van der Waals surface area contributed by atoms with Gasteiger partial charge in [-0.1, -0.05) is 12.8 Å². The summed E-state index contributed by atoms with van der Waals surface area (Å²) in [6, 6.07) is 1.99. The molecule has 17 heavy (non-hydrogen) atoms. The normalized spacial score (nSPS) is 20.0. The molecule has 1 aliphatic carbocycles. The Labute approximate surface area is 102 Å². The van der Waals surface area contributed by atoms with E-state index in [0.717, 1.165) is 19.1 Å². The van der Waals surface area contributed by atoms with E-state index in [0.29, 0.717) is 12.8 Å². The van der Waals surface area contributed by atoms with E-state index in [1.54, 1.807) is 0 Å². The molecular formula is C9H16N2O4S2. The number of nitrogens with one attached hydrogen (secondary N) is 1. The molecular weight excluding hydrogens is 264 g/mol. The summed E-state index contributed by atoms with van der Waals surface area (Å²) >= 11 is 0. The summed E-state index contributed by atoms with van der Waals surface area (Å²) in [5, 5.41) is 9.01. The van der Waals surface area contributed by atoms with Gasteiger partial charge in [-0.05, 0) is 12.8 Å². The van der Waals surface area contributed by atoms with E-state index in [1.807, 2.05) is 6.07 Å². The molecule has 0 aromatic carbocycles. The summed E-state index contributed by atoms with van der Waals surface area (Å²) in [6.45, 7) is 0. The van der Waals surface area contributed by atoms with Gasteiger partial charge in [-0.3, -0.25) is 0 Å². The van der Waals surface area contributed by atoms with Gasteiger partial charge in [0.1, 0.15) is 15.4 Å². The van der Waals surface area contributed by atoms with Crippen LogP contribution in [0.15, 0.2) is 0 Å². The van der Waals surface area contributed by atoms with E-state index in [2.05, 4.69) is 4.72 Å². The molecule has 1 rings (SSSR count). The molecule has 0 heterocycles. The van der Waals surface area contributed by atoms with Crippen LogP contribution in [0.25, 0.3) is 0 Å². The highest BCUT2D eigenvalue weighted by Gasteiger charge is 2.37. The highest BCUT2D eigenvalue weighted by atomic mass is 32.2. The molecule has 0 aromatic heterocycles.